The van der Waals surface area contributed by atoms with E-state index in [2.05, 4.69) is 12.4 Å². The summed E-state index contributed by atoms with van der Waals surface area (Å²) in [5.41, 5.74) is 1.31. The van der Waals surface area contributed by atoms with Crippen LogP contribution >= 0.6 is 0 Å². The lowest BCUT2D eigenvalue weighted by Crippen LogP contribution is -2.27. The highest BCUT2D eigenvalue weighted by atomic mass is 16.3. The van der Waals surface area contributed by atoms with Gasteiger partial charge in [0.2, 0.25) is 0 Å². The molecule has 0 heterocycles. The minimum atomic E-state index is 0.353. The number of aromatic hydroxyl groups is 1. The number of rotatable bonds is 5. The van der Waals surface area contributed by atoms with E-state index >= 15 is 0 Å². The molecule has 2 N–H and O–H groups in total. The average Bonchev–Trinajstić information content (AvgIpc) is 3.06. The maximum Gasteiger partial charge on any atom is 0.115 e. The van der Waals surface area contributed by atoms with Gasteiger partial charge in [0, 0.05) is 6.04 Å². The minimum Gasteiger partial charge on any atom is -0.508 e. The Morgan fingerprint density at radius 2 is 2.00 bits per heavy atom. The average molecular weight is 205 g/mol. The van der Waals surface area contributed by atoms with E-state index in [9.17, 15) is 0 Å². The zero-order chi connectivity index (χ0) is 10.7. The van der Waals surface area contributed by atoms with Crippen molar-refractivity contribution in [3.05, 3.63) is 29.8 Å². The monoisotopic (exact) mass is 205 g/mol. The molecular formula is C13H19NO. The second-order valence-electron chi connectivity index (χ2n) is 4.44. The predicted octanol–water partition coefficient (Wildman–Crippen LogP) is 2.32. The molecule has 1 aromatic rings. The van der Waals surface area contributed by atoms with E-state index in [0.717, 1.165) is 12.3 Å². The van der Waals surface area contributed by atoms with Crippen LogP contribution in [0, 0.1) is 5.92 Å². The Bertz CT molecular complexity index is 303. The topological polar surface area (TPSA) is 32.3 Å². The fourth-order valence-corrected chi connectivity index (χ4v) is 2.10. The molecule has 0 saturated heterocycles. The number of aryl methyl sites for hydroxylation is 1. The summed E-state index contributed by atoms with van der Waals surface area (Å²) < 4.78 is 0. The fourth-order valence-electron chi connectivity index (χ4n) is 2.10. The molecule has 0 aliphatic heterocycles. The van der Waals surface area contributed by atoms with Crippen molar-refractivity contribution < 1.29 is 5.11 Å². The van der Waals surface area contributed by atoms with Gasteiger partial charge in [0.05, 0.1) is 0 Å². The SMILES string of the molecule is CNC(CCc1ccc(O)cc1)C1CC1. The molecule has 2 heteroatoms. The Morgan fingerprint density at radius 3 is 2.53 bits per heavy atom. The molecule has 1 atom stereocenters. The molecule has 0 bridgehead atoms. The van der Waals surface area contributed by atoms with E-state index in [1.165, 1.54) is 24.8 Å². The number of phenols is 1. The van der Waals surface area contributed by atoms with Crippen LogP contribution in [0.4, 0.5) is 0 Å². The van der Waals surface area contributed by atoms with E-state index in [1.807, 2.05) is 12.1 Å². The third-order valence-electron chi connectivity index (χ3n) is 3.24. The Hall–Kier alpha value is -1.02. The van der Waals surface area contributed by atoms with Gasteiger partial charge in [-0.1, -0.05) is 12.1 Å². The van der Waals surface area contributed by atoms with Crippen LogP contribution in [0.5, 0.6) is 5.75 Å². The maximum atomic E-state index is 9.17. The number of hydrogen-bond donors (Lipinski definition) is 2. The van der Waals surface area contributed by atoms with E-state index in [4.69, 9.17) is 5.11 Å². The first-order chi connectivity index (χ1) is 7.29. The zero-order valence-electron chi connectivity index (χ0n) is 9.24. The first-order valence-corrected chi connectivity index (χ1v) is 5.75. The Kier molecular flexibility index (Phi) is 3.27. The minimum absolute atomic E-state index is 0.353. The van der Waals surface area contributed by atoms with Gasteiger partial charge in [0.1, 0.15) is 5.75 Å². The normalized spacial score (nSPS) is 17.7. The number of nitrogens with one attached hydrogen (secondary N) is 1. The number of hydrogen-bond acceptors (Lipinski definition) is 2. The molecule has 2 rings (SSSR count). The second kappa shape index (κ2) is 4.67. The highest BCUT2D eigenvalue weighted by molar-refractivity contribution is 5.25. The van der Waals surface area contributed by atoms with Crippen LogP contribution in [0.1, 0.15) is 24.8 Å². The van der Waals surface area contributed by atoms with Crippen molar-refractivity contribution in [3.8, 4) is 5.75 Å². The summed E-state index contributed by atoms with van der Waals surface area (Å²) in [6, 6.07) is 8.23. The third kappa shape index (κ3) is 2.96. The van der Waals surface area contributed by atoms with Crippen LogP contribution < -0.4 is 5.32 Å². The summed E-state index contributed by atoms with van der Waals surface area (Å²) >= 11 is 0. The predicted molar refractivity (Wildman–Crippen MR) is 62.0 cm³/mol. The lowest BCUT2D eigenvalue weighted by atomic mass is 10.0. The molecule has 82 valence electrons. The van der Waals surface area contributed by atoms with Crippen molar-refractivity contribution in [2.24, 2.45) is 5.92 Å². The summed E-state index contributed by atoms with van der Waals surface area (Å²) in [4.78, 5) is 0. The van der Waals surface area contributed by atoms with Gasteiger partial charge in [0.15, 0.2) is 0 Å². The third-order valence-corrected chi connectivity index (χ3v) is 3.24. The highest BCUT2D eigenvalue weighted by Gasteiger charge is 2.29. The molecule has 15 heavy (non-hydrogen) atoms. The summed E-state index contributed by atoms with van der Waals surface area (Å²) in [5, 5.41) is 12.6. The Labute approximate surface area is 91.3 Å². The molecule has 0 aromatic heterocycles. The van der Waals surface area contributed by atoms with E-state index < -0.39 is 0 Å². The first-order valence-electron chi connectivity index (χ1n) is 5.75. The van der Waals surface area contributed by atoms with Gasteiger partial charge in [0.25, 0.3) is 0 Å². The Morgan fingerprint density at radius 1 is 1.33 bits per heavy atom. The van der Waals surface area contributed by atoms with Gasteiger partial charge in [-0.2, -0.15) is 0 Å². The molecule has 1 aliphatic carbocycles. The van der Waals surface area contributed by atoms with Crippen LogP contribution in [0.2, 0.25) is 0 Å². The fraction of sp³-hybridized carbons (Fsp3) is 0.538. The number of phenolic OH excluding ortho intramolecular Hbond substituents is 1. The van der Waals surface area contributed by atoms with E-state index in [1.54, 1.807) is 12.1 Å². The van der Waals surface area contributed by atoms with Gasteiger partial charge in [-0.15, -0.1) is 0 Å². The van der Waals surface area contributed by atoms with E-state index in [-0.39, 0.29) is 0 Å². The molecule has 1 saturated carbocycles. The lowest BCUT2D eigenvalue weighted by Gasteiger charge is -2.14. The Balaban J connectivity index is 1.83. The standard InChI is InChI=1S/C13H19NO/c1-14-13(11-5-6-11)9-4-10-2-7-12(15)8-3-10/h2-3,7-8,11,13-15H,4-6,9H2,1H3. The maximum absolute atomic E-state index is 9.17. The molecule has 0 radical (unpaired) electrons. The van der Waals surface area contributed by atoms with Gasteiger partial charge >= 0.3 is 0 Å². The summed E-state index contributed by atoms with van der Waals surface area (Å²) in [5.74, 6) is 1.26. The quantitative estimate of drug-likeness (QED) is 0.773. The van der Waals surface area contributed by atoms with Crippen LogP contribution in [-0.2, 0) is 6.42 Å². The summed E-state index contributed by atoms with van der Waals surface area (Å²) in [6.07, 6.45) is 5.08. The lowest BCUT2D eigenvalue weighted by molar-refractivity contribution is 0.468. The van der Waals surface area contributed by atoms with Crippen molar-refractivity contribution >= 4 is 0 Å². The molecule has 1 aromatic carbocycles. The number of benzene rings is 1. The van der Waals surface area contributed by atoms with Gasteiger partial charge in [-0.25, -0.2) is 0 Å². The molecule has 2 nitrogen and oxygen atoms in total. The zero-order valence-corrected chi connectivity index (χ0v) is 9.24. The van der Waals surface area contributed by atoms with Gasteiger partial charge in [-0.05, 0) is 56.3 Å². The second-order valence-corrected chi connectivity index (χ2v) is 4.44. The summed E-state index contributed by atoms with van der Waals surface area (Å²) in [7, 11) is 2.06. The molecule has 1 fully saturated rings. The van der Waals surface area contributed by atoms with Crippen LogP contribution in [0.3, 0.4) is 0 Å². The first kappa shape index (κ1) is 10.5. The van der Waals surface area contributed by atoms with Crippen molar-refractivity contribution in [2.45, 2.75) is 31.7 Å². The molecule has 0 amide bonds. The van der Waals surface area contributed by atoms with Gasteiger partial charge < -0.3 is 10.4 Å². The van der Waals surface area contributed by atoms with Crippen molar-refractivity contribution in [1.82, 2.24) is 5.32 Å². The van der Waals surface area contributed by atoms with Crippen LogP contribution in [0.15, 0.2) is 24.3 Å². The van der Waals surface area contributed by atoms with Crippen molar-refractivity contribution in [2.75, 3.05) is 7.05 Å². The van der Waals surface area contributed by atoms with Crippen molar-refractivity contribution in [3.63, 3.8) is 0 Å². The summed E-state index contributed by atoms with van der Waals surface area (Å²) in [6.45, 7) is 0. The van der Waals surface area contributed by atoms with Crippen LogP contribution in [-0.4, -0.2) is 18.2 Å². The smallest absolute Gasteiger partial charge is 0.115 e. The van der Waals surface area contributed by atoms with E-state index in [0.29, 0.717) is 11.8 Å². The van der Waals surface area contributed by atoms with Crippen molar-refractivity contribution in [1.29, 1.82) is 0 Å². The van der Waals surface area contributed by atoms with Gasteiger partial charge in [-0.3, -0.25) is 0 Å². The molecular weight excluding hydrogens is 186 g/mol. The molecule has 1 unspecified atom stereocenters. The molecule has 1 aliphatic rings. The largest absolute Gasteiger partial charge is 0.508 e. The molecule has 0 spiro atoms. The highest BCUT2D eigenvalue weighted by Crippen LogP contribution is 2.34. The van der Waals surface area contributed by atoms with Crippen LogP contribution in [0.25, 0.3) is 0 Å².